The maximum absolute atomic E-state index is 14.3. The number of ether oxygens (including phenoxy) is 5. The Kier molecular flexibility index (Phi) is 12.3. The van der Waals surface area contributed by atoms with Crippen molar-refractivity contribution in [2.75, 3.05) is 40.0 Å². The molecule has 1 aromatic heterocycles. The average Bonchev–Trinajstić information content (AvgIpc) is 3.55. The van der Waals surface area contributed by atoms with Gasteiger partial charge in [0.2, 0.25) is 5.91 Å². The van der Waals surface area contributed by atoms with Gasteiger partial charge >= 0.3 is 5.97 Å². The molecule has 1 saturated heterocycles. The fourth-order valence-corrected chi connectivity index (χ4v) is 6.94. The van der Waals surface area contributed by atoms with Gasteiger partial charge in [0.25, 0.3) is 5.91 Å². The second-order valence-corrected chi connectivity index (χ2v) is 15.9. The molecule has 1 atom stereocenters. The first-order chi connectivity index (χ1) is 26.6. The van der Waals surface area contributed by atoms with Crippen molar-refractivity contribution in [3.63, 3.8) is 0 Å². The van der Waals surface area contributed by atoms with E-state index in [-0.39, 0.29) is 37.2 Å². The normalized spacial score (nSPS) is 15.2. The van der Waals surface area contributed by atoms with E-state index in [0.29, 0.717) is 78.5 Å². The van der Waals surface area contributed by atoms with Crippen molar-refractivity contribution in [1.82, 2.24) is 20.0 Å². The summed E-state index contributed by atoms with van der Waals surface area (Å²) in [6.45, 7) is 11.5. The molecule has 0 saturated carbocycles. The monoisotopic (exact) mass is 787 g/mol. The number of carbonyl (C=O) groups excluding carboxylic acids is 3. The van der Waals surface area contributed by atoms with E-state index in [1.54, 1.807) is 38.6 Å². The van der Waals surface area contributed by atoms with Crippen LogP contribution in [0.25, 0.3) is 28.1 Å². The highest BCUT2D eigenvalue weighted by Crippen LogP contribution is 2.46. The van der Waals surface area contributed by atoms with Crippen LogP contribution in [0.4, 0.5) is 0 Å². The van der Waals surface area contributed by atoms with Gasteiger partial charge in [0.1, 0.15) is 29.5 Å². The Hall–Kier alpha value is -5.11. The van der Waals surface area contributed by atoms with Crippen molar-refractivity contribution in [3.8, 4) is 45.3 Å². The Bertz CT molecular complexity index is 2090. The molecule has 0 aliphatic carbocycles. The third kappa shape index (κ3) is 9.29. The van der Waals surface area contributed by atoms with Gasteiger partial charge in [-0.05, 0) is 89.4 Å². The summed E-state index contributed by atoms with van der Waals surface area (Å²) in [5, 5.41) is 8.29. The molecular weight excluding hydrogens is 738 g/mol. The maximum atomic E-state index is 14.3. The molecule has 1 fully saturated rings. The van der Waals surface area contributed by atoms with E-state index in [4.69, 9.17) is 46.1 Å². The summed E-state index contributed by atoms with van der Waals surface area (Å²) in [5.41, 5.74) is 9.65. The van der Waals surface area contributed by atoms with Gasteiger partial charge < -0.3 is 39.6 Å². The fourth-order valence-electron chi connectivity index (χ4n) is 6.76. The van der Waals surface area contributed by atoms with Crippen LogP contribution < -0.4 is 25.3 Å². The minimum Gasteiger partial charge on any atom is -0.496 e. The largest absolute Gasteiger partial charge is 0.496 e. The average molecular weight is 788 g/mol. The third-order valence-corrected chi connectivity index (χ3v) is 9.74. The lowest BCUT2D eigenvalue weighted by Crippen LogP contribution is -2.55. The number of nitrogens with one attached hydrogen (secondary N) is 1. The van der Waals surface area contributed by atoms with Crippen LogP contribution in [0, 0.1) is 0 Å². The molecule has 0 radical (unpaired) electrons. The molecule has 4 aromatic rings. The quantitative estimate of drug-likeness (QED) is 0.116. The summed E-state index contributed by atoms with van der Waals surface area (Å²) in [4.78, 5) is 40.5. The SMILES string of the molecule is COc1cc2c(cc1-c1cccc(OCCCNC(=O)[C@H](N)CCC(=O)OC(C)(C)C)c1)-c1c(c(C(=O)N3CCOCC3(C)C)nn1-c1cccc(Cl)c1)CO2. The van der Waals surface area contributed by atoms with E-state index in [2.05, 4.69) is 5.32 Å². The Balaban J connectivity index is 1.21. The maximum Gasteiger partial charge on any atom is 0.306 e. The van der Waals surface area contributed by atoms with E-state index in [1.807, 2.05) is 73.3 Å². The van der Waals surface area contributed by atoms with E-state index in [9.17, 15) is 14.4 Å². The van der Waals surface area contributed by atoms with Crippen molar-refractivity contribution in [2.45, 2.75) is 77.7 Å². The lowest BCUT2D eigenvalue weighted by atomic mass is 9.95. The van der Waals surface area contributed by atoms with Crippen LogP contribution in [0.15, 0.2) is 60.7 Å². The fraction of sp³-hybridized carbons (Fsp3) is 0.429. The number of morpholine rings is 1. The van der Waals surface area contributed by atoms with E-state index in [1.165, 1.54) is 0 Å². The van der Waals surface area contributed by atoms with Crippen molar-refractivity contribution < 1.29 is 38.1 Å². The molecule has 3 N–H and O–H groups in total. The second-order valence-electron chi connectivity index (χ2n) is 15.5. The second kappa shape index (κ2) is 16.9. The molecular formula is C42H50ClN5O8. The van der Waals surface area contributed by atoms with Crippen molar-refractivity contribution in [1.29, 1.82) is 0 Å². The number of nitrogens with two attached hydrogens (primary N) is 1. The number of fused-ring (bicyclic) bond motifs is 3. The summed E-state index contributed by atoms with van der Waals surface area (Å²) in [6.07, 6.45) is 0.792. The van der Waals surface area contributed by atoms with Gasteiger partial charge in [-0.2, -0.15) is 5.10 Å². The summed E-state index contributed by atoms with van der Waals surface area (Å²) in [6, 6.07) is 18.0. The third-order valence-electron chi connectivity index (χ3n) is 9.51. The number of hydrogen-bond donors (Lipinski definition) is 2. The Morgan fingerprint density at radius 3 is 2.59 bits per heavy atom. The first-order valence-corrected chi connectivity index (χ1v) is 19.1. The number of hydrogen-bond acceptors (Lipinski definition) is 10. The first kappa shape index (κ1) is 40.6. The van der Waals surface area contributed by atoms with Crippen LogP contribution in [-0.2, 0) is 25.7 Å². The number of benzene rings is 3. The Labute approximate surface area is 332 Å². The van der Waals surface area contributed by atoms with E-state index < -0.39 is 17.2 Å². The van der Waals surface area contributed by atoms with Gasteiger partial charge in [-0.25, -0.2) is 4.68 Å². The molecule has 0 unspecified atom stereocenters. The van der Waals surface area contributed by atoms with Crippen LogP contribution in [0.2, 0.25) is 5.02 Å². The molecule has 56 heavy (non-hydrogen) atoms. The molecule has 6 rings (SSSR count). The molecule has 0 spiro atoms. The molecule has 2 amide bonds. The number of methoxy groups -OCH3 is 1. The number of aromatic nitrogens is 2. The number of amides is 2. The zero-order valence-electron chi connectivity index (χ0n) is 32.8. The first-order valence-electron chi connectivity index (χ1n) is 18.8. The number of carbonyl (C=O) groups is 3. The molecule has 298 valence electrons. The lowest BCUT2D eigenvalue weighted by Gasteiger charge is -2.41. The summed E-state index contributed by atoms with van der Waals surface area (Å²) < 4.78 is 31.0. The molecule has 2 aliphatic heterocycles. The topological polar surface area (TPSA) is 156 Å². The van der Waals surface area contributed by atoms with Crippen LogP contribution in [0.1, 0.15) is 69.9 Å². The smallest absolute Gasteiger partial charge is 0.306 e. The van der Waals surface area contributed by atoms with Gasteiger partial charge in [0.05, 0.1) is 49.9 Å². The molecule has 3 heterocycles. The van der Waals surface area contributed by atoms with Crippen LogP contribution in [-0.4, -0.2) is 89.7 Å². The summed E-state index contributed by atoms with van der Waals surface area (Å²) >= 11 is 6.46. The lowest BCUT2D eigenvalue weighted by molar-refractivity contribution is -0.155. The van der Waals surface area contributed by atoms with Gasteiger partial charge in [-0.1, -0.05) is 29.8 Å². The van der Waals surface area contributed by atoms with Gasteiger partial charge in [0.15, 0.2) is 5.69 Å². The molecule has 0 bridgehead atoms. The summed E-state index contributed by atoms with van der Waals surface area (Å²) in [5.74, 6) is 0.897. The highest BCUT2D eigenvalue weighted by Gasteiger charge is 2.39. The zero-order chi connectivity index (χ0) is 40.2. The predicted molar refractivity (Wildman–Crippen MR) is 212 cm³/mol. The van der Waals surface area contributed by atoms with E-state index >= 15 is 0 Å². The number of halogens is 1. The van der Waals surface area contributed by atoms with Gasteiger partial charge in [-0.15, -0.1) is 0 Å². The summed E-state index contributed by atoms with van der Waals surface area (Å²) in [7, 11) is 1.61. The van der Waals surface area contributed by atoms with E-state index in [0.717, 1.165) is 22.4 Å². The van der Waals surface area contributed by atoms with Gasteiger partial charge in [0, 0.05) is 47.3 Å². The number of rotatable bonds is 13. The highest BCUT2D eigenvalue weighted by atomic mass is 35.5. The minimum absolute atomic E-state index is 0.0637. The molecule has 3 aromatic carbocycles. The number of esters is 1. The van der Waals surface area contributed by atoms with Crippen LogP contribution in [0.5, 0.6) is 17.2 Å². The van der Waals surface area contributed by atoms with Crippen LogP contribution in [0.3, 0.4) is 0 Å². The Morgan fingerprint density at radius 1 is 1.07 bits per heavy atom. The number of nitrogens with zero attached hydrogens (tertiary/aromatic N) is 3. The minimum atomic E-state index is -0.818. The highest BCUT2D eigenvalue weighted by molar-refractivity contribution is 6.30. The van der Waals surface area contributed by atoms with Crippen molar-refractivity contribution >= 4 is 29.4 Å². The predicted octanol–water partition coefficient (Wildman–Crippen LogP) is 6.35. The Morgan fingerprint density at radius 2 is 1.86 bits per heavy atom. The van der Waals surface area contributed by atoms with Crippen LogP contribution >= 0.6 is 11.6 Å². The zero-order valence-corrected chi connectivity index (χ0v) is 33.5. The standard InChI is InChI=1S/C42H50ClN5O8/c1-41(2,3)56-36(49)15-14-33(44)39(50)45-16-9-18-54-29-13-7-10-26(20-29)30-22-31-35(23-34(30)52-6)55-24-32-37(40(51)47-17-19-53-25-42(47,4)5)46-48(38(31)32)28-12-8-11-27(43)21-28/h7-8,10-13,20-23,33H,9,14-19,24-25,44H2,1-6H3,(H,45,50)/t33-/m1/s1. The molecule has 14 heteroatoms. The molecule has 13 nitrogen and oxygen atoms in total. The van der Waals surface area contributed by atoms with Gasteiger partial charge in [-0.3, -0.25) is 14.4 Å². The van der Waals surface area contributed by atoms with Crippen molar-refractivity contribution in [2.24, 2.45) is 5.73 Å². The van der Waals surface area contributed by atoms with Crippen molar-refractivity contribution in [3.05, 3.63) is 76.9 Å². The molecule has 2 aliphatic rings.